The molecule has 6 heteroatoms. The van der Waals surface area contributed by atoms with Crippen LogP contribution in [0.15, 0.2) is 41.2 Å². The SMILES string of the molecule is COc1ccc(-c2ccc(=O)n(CCNC(=O)CC3CCCCC3)n2)cc1. The summed E-state index contributed by atoms with van der Waals surface area (Å²) in [4.78, 5) is 24.2. The van der Waals surface area contributed by atoms with Crippen LogP contribution in [0.1, 0.15) is 38.5 Å². The molecule has 0 bridgehead atoms. The number of methoxy groups -OCH3 is 1. The van der Waals surface area contributed by atoms with Crippen molar-refractivity contribution in [3.63, 3.8) is 0 Å². The molecular weight excluding hydrogens is 342 g/mol. The predicted molar refractivity (Wildman–Crippen MR) is 105 cm³/mol. The van der Waals surface area contributed by atoms with Gasteiger partial charge in [-0.2, -0.15) is 5.10 Å². The number of hydrogen-bond donors (Lipinski definition) is 1. The van der Waals surface area contributed by atoms with E-state index in [2.05, 4.69) is 10.4 Å². The molecule has 1 aliphatic carbocycles. The molecule has 1 N–H and O–H groups in total. The van der Waals surface area contributed by atoms with E-state index in [1.165, 1.54) is 30.0 Å². The first kappa shape index (κ1) is 19.1. The van der Waals surface area contributed by atoms with Crippen molar-refractivity contribution in [1.29, 1.82) is 0 Å². The number of carbonyl (C=O) groups is 1. The van der Waals surface area contributed by atoms with Crippen molar-refractivity contribution < 1.29 is 9.53 Å². The van der Waals surface area contributed by atoms with E-state index in [4.69, 9.17) is 4.74 Å². The molecule has 1 saturated carbocycles. The number of carbonyl (C=O) groups excluding carboxylic acids is 1. The highest BCUT2D eigenvalue weighted by molar-refractivity contribution is 5.76. The molecule has 1 aliphatic rings. The summed E-state index contributed by atoms with van der Waals surface area (Å²) in [6.07, 6.45) is 6.65. The van der Waals surface area contributed by atoms with Crippen LogP contribution >= 0.6 is 0 Å². The molecule has 144 valence electrons. The molecule has 6 nitrogen and oxygen atoms in total. The van der Waals surface area contributed by atoms with Crippen LogP contribution in [0.5, 0.6) is 5.75 Å². The van der Waals surface area contributed by atoms with Gasteiger partial charge in [-0.15, -0.1) is 0 Å². The highest BCUT2D eigenvalue weighted by Crippen LogP contribution is 2.26. The zero-order valence-electron chi connectivity index (χ0n) is 15.8. The Kier molecular flexibility index (Phi) is 6.63. The van der Waals surface area contributed by atoms with Crippen LogP contribution in [0.25, 0.3) is 11.3 Å². The molecule has 1 fully saturated rings. The number of nitrogens with one attached hydrogen (secondary N) is 1. The smallest absolute Gasteiger partial charge is 0.266 e. The van der Waals surface area contributed by atoms with Crippen molar-refractivity contribution in [2.75, 3.05) is 13.7 Å². The van der Waals surface area contributed by atoms with E-state index in [9.17, 15) is 9.59 Å². The van der Waals surface area contributed by atoms with E-state index in [0.717, 1.165) is 24.2 Å². The summed E-state index contributed by atoms with van der Waals surface area (Å²) < 4.78 is 6.57. The maximum Gasteiger partial charge on any atom is 0.266 e. The van der Waals surface area contributed by atoms with Gasteiger partial charge in [-0.05, 0) is 49.1 Å². The molecule has 1 aromatic heterocycles. The Morgan fingerprint density at radius 1 is 1.15 bits per heavy atom. The average molecular weight is 369 g/mol. The maximum atomic E-state index is 12.1. The lowest BCUT2D eigenvalue weighted by atomic mass is 9.87. The number of ether oxygens (including phenoxy) is 1. The number of rotatable bonds is 7. The minimum atomic E-state index is -0.172. The van der Waals surface area contributed by atoms with Crippen molar-refractivity contribution >= 4 is 5.91 Å². The van der Waals surface area contributed by atoms with Gasteiger partial charge in [0.2, 0.25) is 5.91 Å². The molecule has 1 amide bonds. The number of aromatic nitrogens is 2. The van der Waals surface area contributed by atoms with E-state index in [0.29, 0.717) is 31.1 Å². The van der Waals surface area contributed by atoms with Gasteiger partial charge in [-0.3, -0.25) is 9.59 Å². The van der Waals surface area contributed by atoms with Crippen molar-refractivity contribution in [2.45, 2.75) is 45.1 Å². The predicted octanol–water partition coefficient (Wildman–Crippen LogP) is 3.01. The third-order valence-electron chi connectivity index (χ3n) is 5.10. The van der Waals surface area contributed by atoms with Gasteiger partial charge in [-0.25, -0.2) is 4.68 Å². The third-order valence-corrected chi connectivity index (χ3v) is 5.10. The third kappa shape index (κ3) is 5.42. The molecule has 0 aliphatic heterocycles. The molecular formula is C21H27N3O3. The second-order valence-corrected chi connectivity index (χ2v) is 7.07. The Labute approximate surface area is 159 Å². The molecule has 0 unspecified atom stereocenters. The number of amides is 1. The van der Waals surface area contributed by atoms with Crippen LogP contribution in [0.4, 0.5) is 0 Å². The number of benzene rings is 1. The zero-order chi connectivity index (χ0) is 19.1. The number of nitrogens with zero attached hydrogens (tertiary/aromatic N) is 2. The Morgan fingerprint density at radius 3 is 2.59 bits per heavy atom. The Morgan fingerprint density at radius 2 is 1.89 bits per heavy atom. The fourth-order valence-electron chi connectivity index (χ4n) is 3.55. The molecule has 0 spiro atoms. The van der Waals surface area contributed by atoms with E-state index >= 15 is 0 Å². The fraction of sp³-hybridized carbons (Fsp3) is 0.476. The quantitative estimate of drug-likeness (QED) is 0.814. The van der Waals surface area contributed by atoms with Crippen molar-refractivity contribution in [3.8, 4) is 17.0 Å². The first-order valence-corrected chi connectivity index (χ1v) is 9.65. The first-order valence-electron chi connectivity index (χ1n) is 9.65. The molecule has 0 radical (unpaired) electrons. The molecule has 27 heavy (non-hydrogen) atoms. The molecule has 1 aromatic carbocycles. The van der Waals surface area contributed by atoms with Crippen LogP contribution in [0, 0.1) is 5.92 Å². The van der Waals surface area contributed by atoms with Crippen molar-refractivity contribution in [3.05, 3.63) is 46.8 Å². The Bertz CT molecular complexity index is 808. The molecule has 0 atom stereocenters. The maximum absolute atomic E-state index is 12.1. The summed E-state index contributed by atoms with van der Waals surface area (Å²) in [5.41, 5.74) is 1.45. The summed E-state index contributed by atoms with van der Waals surface area (Å²) in [5.74, 6) is 1.35. The van der Waals surface area contributed by atoms with Gasteiger partial charge in [0, 0.05) is 24.6 Å². The minimum Gasteiger partial charge on any atom is -0.497 e. The van der Waals surface area contributed by atoms with E-state index in [1.54, 1.807) is 13.2 Å². The summed E-state index contributed by atoms with van der Waals surface area (Å²) >= 11 is 0. The topological polar surface area (TPSA) is 73.2 Å². The van der Waals surface area contributed by atoms with Gasteiger partial charge < -0.3 is 10.1 Å². The van der Waals surface area contributed by atoms with Crippen LogP contribution in [-0.2, 0) is 11.3 Å². The van der Waals surface area contributed by atoms with Gasteiger partial charge in [0.05, 0.1) is 19.3 Å². The molecule has 3 rings (SSSR count). The Balaban J connectivity index is 1.56. The van der Waals surface area contributed by atoms with Gasteiger partial charge in [-0.1, -0.05) is 19.3 Å². The van der Waals surface area contributed by atoms with Gasteiger partial charge in [0.25, 0.3) is 5.56 Å². The first-order chi connectivity index (χ1) is 13.2. The normalized spacial score (nSPS) is 14.7. The minimum absolute atomic E-state index is 0.0706. The molecule has 1 heterocycles. The van der Waals surface area contributed by atoms with Crippen LogP contribution in [0.2, 0.25) is 0 Å². The van der Waals surface area contributed by atoms with E-state index < -0.39 is 0 Å². The van der Waals surface area contributed by atoms with E-state index in [1.807, 2.05) is 24.3 Å². The number of hydrogen-bond acceptors (Lipinski definition) is 4. The summed E-state index contributed by atoms with van der Waals surface area (Å²) in [6, 6.07) is 10.7. The second-order valence-electron chi connectivity index (χ2n) is 7.07. The van der Waals surface area contributed by atoms with Crippen LogP contribution in [-0.4, -0.2) is 29.3 Å². The Hall–Kier alpha value is -2.63. The lowest BCUT2D eigenvalue weighted by molar-refractivity contribution is -0.122. The lowest BCUT2D eigenvalue weighted by Gasteiger charge is -2.20. The standard InChI is InChI=1S/C21H27N3O3/c1-27-18-9-7-17(8-10-18)19-11-12-21(26)24(23-19)14-13-22-20(25)15-16-5-3-2-4-6-16/h7-12,16H,2-6,13-15H2,1H3,(H,22,25). The van der Waals surface area contributed by atoms with Crippen LogP contribution < -0.4 is 15.6 Å². The molecule has 0 saturated heterocycles. The van der Waals surface area contributed by atoms with E-state index in [-0.39, 0.29) is 11.5 Å². The monoisotopic (exact) mass is 369 g/mol. The second kappa shape index (κ2) is 9.35. The average Bonchev–Trinajstić information content (AvgIpc) is 2.70. The summed E-state index contributed by atoms with van der Waals surface area (Å²) in [7, 11) is 1.62. The zero-order valence-corrected chi connectivity index (χ0v) is 15.8. The highest BCUT2D eigenvalue weighted by atomic mass is 16.5. The molecule has 2 aromatic rings. The highest BCUT2D eigenvalue weighted by Gasteiger charge is 2.16. The van der Waals surface area contributed by atoms with Crippen molar-refractivity contribution in [1.82, 2.24) is 15.1 Å². The fourth-order valence-corrected chi connectivity index (χ4v) is 3.55. The van der Waals surface area contributed by atoms with Gasteiger partial charge >= 0.3 is 0 Å². The van der Waals surface area contributed by atoms with Crippen LogP contribution in [0.3, 0.4) is 0 Å². The lowest BCUT2D eigenvalue weighted by Crippen LogP contribution is -2.33. The van der Waals surface area contributed by atoms with Gasteiger partial charge in [0.15, 0.2) is 0 Å². The summed E-state index contributed by atoms with van der Waals surface area (Å²) in [5, 5.41) is 7.35. The summed E-state index contributed by atoms with van der Waals surface area (Å²) in [6.45, 7) is 0.768. The largest absolute Gasteiger partial charge is 0.497 e. The van der Waals surface area contributed by atoms with Gasteiger partial charge in [0.1, 0.15) is 5.75 Å². The van der Waals surface area contributed by atoms with Crippen molar-refractivity contribution in [2.24, 2.45) is 5.92 Å².